The molecule has 2 saturated heterocycles. The molecule has 0 bridgehead atoms. The van der Waals surface area contributed by atoms with Gasteiger partial charge in [0.2, 0.25) is 0 Å². The number of ether oxygens (including phenoxy) is 1. The van der Waals surface area contributed by atoms with E-state index >= 15 is 0 Å². The van der Waals surface area contributed by atoms with Crippen LogP contribution >= 0.6 is 0 Å². The summed E-state index contributed by atoms with van der Waals surface area (Å²) in [5, 5.41) is 3.12. The van der Waals surface area contributed by atoms with Gasteiger partial charge in [0.05, 0.1) is 18.2 Å². The van der Waals surface area contributed by atoms with Crippen molar-refractivity contribution in [3.8, 4) is 0 Å². The van der Waals surface area contributed by atoms with Crippen LogP contribution in [-0.4, -0.2) is 36.2 Å². The second-order valence-electron chi connectivity index (χ2n) is 6.49. The standard InChI is InChI=1S/C17H26N2O3/c1-11-10-14(13(3)22-11)12(2)18-17(20)19-8-4-6-15(19)16-7-5-9-21-16/h10,12,15-16H,4-9H2,1-3H3,(H,18,20)/t12-,15-,16+/m0/s1. The van der Waals surface area contributed by atoms with E-state index < -0.39 is 0 Å². The lowest BCUT2D eigenvalue weighted by atomic mass is 10.1. The molecular weight excluding hydrogens is 280 g/mol. The molecule has 0 radical (unpaired) electrons. The van der Waals surface area contributed by atoms with Crippen LogP contribution in [0.4, 0.5) is 4.79 Å². The van der Waals surface area contributed by atoms with E-state index in [2.05, 4.69) is 5.32 Å². The molecule has 5 heteroatoms. The van der Waals surface area contributed by atoms with E-state index in [4.69, 9.17) is 9.15 Å². The molecule has 1 N–H and O–H groups in total. The molecule has 0 aliphatic carbocycles. The molecule has 0 spiro atoms. The van der Waals surface area contributed by atoms with Gasteiger partial charge in [0, 0.05) is 18.7 Å². The summed E-state index contributed by atoms with van der Waals surface area (Å²) in [6.07, 6.45) is 4.53. The SMILES string of the molecule is Cc1cc([C@H](C)NC(=O)N2CCC[C@H]2[C@H]2CCCO2)c(C)o1. The smallest absolute Gasteiger partial charge is 0.318 e. The van der Waals surface area contributed by atoms with Crippen molar-refractivity contribution < 1.29 is 13.9 Å². The van der Waals surface area contributed by atoms with E-state index in [1.165, 1.54) is 0 Å². The summed E-state index contributed by atoms with van der Waals surface area (Å²) < 4.78 is 11.4. The molecule has 2 aliphatic heterocycles. The highest BCUT2D eigenvalue weighted by Crippen LogP contribution is 2.28. The first-order valence-electron chi connectivity index (χ1n) is 8.32. The highest BCUT2D eigenvalue weighted by Gasteiger charge is 2.37. The lowest BCUT2D eigenvalue weighted by Gasteiger charge is -2.30. The number of carbonyl (C=O) groups is 1. The topological polar surface area (TPSA) is 54.7 Å². The van der Waals surface area contributed by atoms with Crippen molar-refractivity contribution in [1.29, 1.82) is 0 Å². The Kier molecular flexibility index (Phi) is 4.43. The molecule has 0 unspecified atom stereocenters. The van der Waals surface area contributed by atoms with Crippen molar-refractivity contribution in [2.75, 3.05) is 13.2 Å². The molecule has 1 aromatic heterocycles. The molecule has 0 saturated carbocycles. The minimum absolute atomic E-state index is 0.0174. The second-order valence-corrected chi connectivity index (χ2v) is 6.49. The van der Waals surface area contributed by atoms with Crippen molar-refractivity contribution in [3.63, 3.8) is 0 Å². The fourth-order valence-corrected chi connectivity index (χ4v) is 3.76. The Morgan fingerprint density at radius 2 is 2.18 bits per heavy atom. The minimum atomic E-state index is -0.0457. The number of furan rings is 1. The Balaban J connectivity index is 1.64. The third-order valence-electron chi connectivity index (χ3n) is 4.84. The first-order valence-corrected chi connectivity index (χ1v) is 8.32. The zero-order valence-electron chi connectivity index (χ0n) is 13.7. The van der Waals surface area contributed by atoms with Crippen LogP contribution in [0.3, 0.4) is 0 Å². The molecule has 22 heavy (non-hydrogen) atoms. The molecule has 1 aromatic rings. The predicted octanol–water partition coefficient (Wildman–Crippen LogP) is 3.31. The average Bonchev–Trinajstić information content (AvgIpc) is 3.17. The van der Waals surface area contributed by atoms with Gasteiger partial charge < -0.3 is 19.4 Å². The number of aryl methyl sites for hydroxylation is 2. The second kappa shape index (κ2) is 6.32. The molecule has 3 atom stereocenters. The summed E-state index contributed by atoms with van der Waals surface area (Å²) in [4.78, 5) is 14.6. The van der Waals surface area contributed by atoms with Crippen LogP contribution in [0.25, 0.3) is 0 Å². The fraction of sp³-hybridized carbons (Fsp3) is 0.706. The summed E-state index contributed by atoms with van der Waals surface area (Å²) in [6, 6.07) is 2.21. The number of hydrogen-bond acceptors (Lipinski definition) is 3. The summed E-state index contributed by atoms with van der Waals surface area (Å²) >= 11 is 0. The van der Waals surface area contributed by atoms with Gasteiger partial charge in [-0.3, -0.25) is 0 Å². The van der Waals surface area contributed by atoms with Gasteiger partial charge in [0.1, 0.15) is 11.5 Å². The van der Waals surface area contributed by atoms with Crippen LogP contribution in [0.15, 0.2) is 10.5 Å². The maximum Gasteiger partial charge on any atom is 0.318 e. The van der Waals surface area contributed by atoms with E-state index in [0.29, 0.717) is 0 Å². The van der Waals surface area contributed by atoms with Crippen LogP contribution in [0.1, 0.15) is 55.7 Å². The predicted molar refractivity (Wildman–Crippen MR) is 83.8 cm³/mol. The number of hydrogen-bond donors (Lipinski definition) is 1. The molecule has 5 nitrogen and oxygen atoms in total. The summed E-state index contributed by atoms with van der Waals surface area (Å²) in [5.74, 6) is 1.76. The van der Waals surface area contributed by atoms with Crippen molar-refractivity contribution in [2.45, 2.75) is 64.6 Å². The van der Waals surface area contributed by atoms with Crippen LogP contribution in [0, 0.1) is 13.8 Å². The number of amides is 2. The summed E-state index contributed by atoms with van der Waals surface area (Å²) in [7, 11) is 0. The normalized spacial score (nSPS) is 26.4. The van der Waals surface area contributed by atoms with Crippen molar-refractivity contribution in [1.82, 2.24) is 10.2 Å². The molecular formula is C17H26N2O3. The number of nitrogens with one attached hydrogen (secondary N) is 1. The fourth-order valence-electron chi connectivity index (χ4n) is 3.76. The molecule has 0 aromatic carbocycles. The number of urea groups is 1. The van der Waals surface area contributed by atoms with Crippen LogP contribution < -0.4 is 5.32 Å². The lowest BCUT2D eigenvalue weighted by molar-refractivity contribution is 0.0517. The minimum Gasteiger partial charge on any atom is -0.466 e. The van der Waals surface area contributed by atoms with Crippen molar-refractivity contribution >= 4 is 6.03 Å². The highest BCUT2D eigenvalue weighted by molar-refractivity contribution is 5.75. The maximum atomic E-state index is 12.6. The Hall–Kier alpha value is -1.49. The number of nitrogens with zero attached hydrogens (tertiary/aromatic N) is 1. The summed E-state index contributed by atoms with van der Waals surface area (Å²) in [5.41, 5.74) is 1.05. The summed E-state index contributed by atoms with van der Waals surface area (Å²) in [6.45, 7) is 7.54. The Labute approximate surface area is 132 Å². The maximum absolute atomic E-state index is 12.6. The van der Waals surface area contributed by atoms with Gasteiger partial charge >= 0.3 is 6.03 Å². The van der Waals surface area contributed by atoms with Gasteiger partial charge in [-0.2, -0.15) is 0 Å². The average molecular weight is 306 g/mol. The molecule has 2 aliphatic rings. The first-order chi connectivity index (χ1) is 10.6. The van der Waals surface area contributed by atoms with E-state index in [1.54, 1.807) is 0 Å². The highest BCUT2D eigenvalue weighted by atomic mass is 16.5. The third kappa shape index (κ3) is 3.00. The molecule has 3 rings (SSSR count). The van der Waals surface area contributed by atoms with Gasteiger partial charge in [-0.05, 0) is 52.5 Å². The largest absolute Gasteiger partial charge is 0.466 e. The van der Waals surface area contributed by atoms with E-state index in [0.717, 1.165) is 55.9 Å². The van der Waals surface area contributed by atoms with E-state index in [1.807, 2.05) is 31.7 Å². The molecule has 3 heterocycles. The van der Waals surface area contributed by atoms with Gasteiger partial charge in [0.15, 0.2) is 0 Å². The number of rotatable bonds is 3. The molecule has 2 amide bonds. The monoisotopic (exact) mass is 306 g/mol. The van der Waals surface area contributed by atoms with Gasteiger partial charge in [-0.15, -0.1) is 0 Å². The lowest BCUT2D eigenvalue weighted by Crippen LogP contribution is -2.47. The van der Waals surface area contributed by atoms with Gasteiger partial charge in [-0.25, -0.2) is 4.79 Å². The molecule has 2 fully saturated rings. The first kappa shape index (κ1) is 15.4. The van der Waals surface area contributed by atoms with Crippen molar-refractivity contribution in [3.05, 3.63) is 23.2 Å². The van der Waals surface area contributed by atoms with Gasteiger partial charge in [-0.1, -0.05) is 0 Å². The zero-order chi connectivity index (χ0) is 15.7. The number of likely N-dealkylation sites (tertiary alicyclic amines) is 1. The van der Waals surface area contributed by atoms with E-state index in [-0.39, 0.29) is 24.2 Å². The van der Waals surface area contributed by atoms with E-state index in [9.17, 15) is 4.79 Å². The Morgan fingerprint density at radius 3 is 2.82 bits per heavy atom. The quantitative estimate of drug-likeness (QED) is 0.932. The van der Waals surface area contributed by atoms with Crippen molar-refractivity contribution in [2.24, 2.45) is 0 Å². The van der Waals surface area contributed by atoms with Crippen LogP contribution in [0.2, 0.25) is 0 Å². The third-order valence-corrected chi connectivity index (χ3v) is 4.84. The zero-order valence-corrected chi connectivity index (χ0v) is 13.7. The Bertz CT molecular complexity index is 534. The van der Waals surface area contributed by atoms with Gasteiger partial charge in [0.25, 0.3) is 0 Å². The van der Waals surface area contributed by atoms with Crippen LogP contribution in [-0.2, 0) is 4.74 Å². The Morgan fingerprint density at radius 1 is 1.36 bits per heavy atom. The number of carbonyl (C=O) groups excluding carboxylic acids is 1. The molecule has 122 valence electrons. The van der Waals surface area contributed by atoms with Crippen LogP contribution in [0.5, 0.6) is 0 Å².